The first-order valence-corrected chi connectivity index (χ1v) is 9.77. The molecule has 1 aromatic heterocycles. The summed E-state index contributed by atoms with van der Waals surface area (Å²) in [4.78, 5) is 28.9. The summed E-state index contributed by atoms with van der Waals surface area (Å²) < 4.78 is 11.1. The molecule has 152 valence electrons. The van der Waals surface area contributed by atoms with Crippen molar-refractivity contribution in [2.75, 3.05) is 26.2 Å². The van der Waals surface area contributed by atoms with E-state index in [1.807, 2.05) is 39.8 Å². The Hall–Kier alpha value is -2.02. The molecule has 2 rings (SSSR count). The second-order valence-electron chi connectivity index (χ2n) is 8.09. The minimum absolute atomic E-state index is 0.0448. The highest BCUT2D eigenvalue weighted by molar-refractivity contribution is 5.84. The Morgan fingerprint density at radius 1 is 1.30 bits per heavy atom. The average molecular weight is 380 g/mol. The number of carbonyl (C=O) groups is 2. The van der Waals surface area contributed by atoms with E-state index in [9.17, 15) is 9.59 Å². The lowest BCUT2D eigenvalue weighted by molar-refractivity contribution is -0.134. The summed E-state index contributed by atoms with van der Waals surface area (Å²) in [5, 5.41) is 2.94. The normalized spacial score (nSPS) is 17.0. The van der Waals surface area contributed by atoms with E-state index in [1.54, 1.807) is 16.1 Å². The molecule has 1 fully saturated rings. The number of nitrogens with one attached hydrogen (secondary N) is 1. The first-order chi connectivity index (χ1) is 12.8. The van der Waals surface area contributed by atoms with Gasteiger partial charge in [0.25, 0.3) is 0 Å². The third-order valence-electron chi connectivity index (χ3n) is 4.32. The van der Waals surface area contributed by atoms with Gasteiger partial charge < -0.3 is 24.3 Å². The Morgan fingerprint density at radius 3 is 2.63 bits per heavy atom. The van der Waals surface area contributed by atoms with E-state index >= 15 is 0 Å². The molecule has 7 nitrogen and oxygen atoms in total. The molecule has 1 aromatic rings. The van der Waals surface area contributed by atoms with Crippen LogP contribution in [0.4, 0.5) is 4.79 Å². The van der Waals surface area contributed by atoms with Gasteiger partial charge in [-0.3, -0.25) is 4.79 Å². The predicted octanol–water partition coefficient (Wildman–Crippen LogP) is 3.01. The third kappa shape index (κ3) is 7.25. The molecule has 1 aliphatic heterocycles. The number of amides is 3. The van der Waals surface area contributed by atoms with Crippen molar-refractivity contribution in [2.24, 2.45) is 0 Å². The fourth-order valence-electron chi connectivity index (χ4n) is 3.06. The van der Waals surface area contributed by atoms with E-state index in [-0.39, 0.29) is 30.1 Å². The minimum Gasteiger partial charge on any atom is -0.467 e. The van der Waals surface area contributed by atoms with Crippen LogP contribution >= 0.6 is 0 Å². The Morgan fingerprint density at radius 2 is 2.07 bits per heavy atom. The molecule has 2 heterocycles. The number of nitrogens with zero attached hydrogens (tertiary/aromatic N) is 2. The lowest BCUT2D eigenvalue weighted by Gasteiger charge is -2.31. The van der Waals surface area contributed by atoms with Crippen molar-refractivity contribution in [3.63, 3.8) is 0 Å². The zero-order valence-electron chi connectivity index (χ0n) is 17.0. The van der Waals surface area contributed by atoms with Gasteiger partial charge in [0.05, 0.1) is 18.9 Å². The number of rotatable bonds is 8. The summed E-state index contributed by atoms with van der Waals surface area (Å²) in [6.07, 6.45) is 4.40. The van der Waals surface area contributed by atoms with Crippen molar-refractivity contribution in [1.82, 2.24) is 15.1 Å². The molecule has 0 spiro atoms. The van der Waals surface area contributed by atoms with Gasteiger partial charge in [-0.05, 0) is 52.2 Å². The van der Waals surface area contributed by atoms with E-state index in [4.69, 9.17) is 9.15 Å². The zero-order valence-corrected chi connectivity index (χ0v) is 17.0. The molecule has 0 aromatic carbocycles. The highest BCUT2D eigenvalue weighted by Crippen LogP contribution is 2.16. The maximum Gasteiger partial charge on any atom is 0.318 e. The Labute approximate surface area is 162 Å². The summed E-state index contributed by atoms with van der Waals surface area (Å²) in [7, 11) is 0. The van der Waals surface area contributed by atoms with Crippen LogP contribution < -0.4 is 5.32 Å². The van der Waals surface area contributed by atoms with Crippen molar-refractivity contribution < 1.29 is 18.7 Å². The molecule has 0 bridgehead atoms. The largest absolute Gasteiger partial charge is 0.467 e. The molecule has 1 aliphatic rings. The molecule has 0 saturated carbocycles. The third-order valence-corrected chi connectivity index (χ3v) is 4.32. The molecule has 0 radical (unpaired) electrons. The van der Waals surface area contributed by atoms with Crippen molar-refractivity contribution in [1.29, 1.82) is 0 Å². The predicted molar refractivity (Wildman–Crippen MR) is 103 cm³/mol. The lowest BCUT2D eigenvalue weighted by Crippen LogP contribution is -2.52. The summed E-state index contributed by atoms with van der Waals surface area (Å²) in [5.74, 6) is 0.627. The quantitative estimate of drug-likeness (QED) is 0.753. The van der Waals surface area contributed by atoms with E-state index in [0.29, 0.717) is 19.6 Å². The highest BCUT2D eigenvalue weighted by Gasteiger charge is 2.27. The maximum absolute atomic E-state index is 13.0. The van der Waals surface area contributed by atoms with Gasteiger partial charge in [-0.25, -0.2) is 4.79 Å². The van der Waals surface area contributed by atoms with Crippen LogP contribution in [0.15, 0.2) is 22.8 Å². The van der Waals surface area contributed by atoms with Crippen LogP contribution in [0.2, 0.25) is 0 Å². The first kappa shape index (κ1) is 21.3. The number of hydrogen-bond acceptors (Lipinski definition) is 4. The zero-order chi connectivity index (χ0) is 19.9. The van der Waals surface area contributed by atoms with Crippen LogP contribution in [-0.2, 0) is 16.1 Å². The molecule has 27 heavy (non-hydrogen) atoms. The Kier molecular flexibility index (Phi) is 7.71. The van der Waals surface area contributed by atoms with Crippen molar-refractivity contribution in [3.05, 3.63) is 24.2 Å². The average Bonchev–Trinajstić information content (AvgIpc) is 3.26. The second kappa shape index (κ2) is 9.78. The van der Waals surface area contributed by atoms with Gasteiger partial charge in [-0.1, -0.05) is 6.92 Å². The Balaban J connectivity index is 2.04. The molecule has 1 atom stereocenters. The molecule has 1 saturated heterocycles. The van der Waals surface area contributed by atoms with Crippen molar-refractivity contribution in [2.45, 2.75) is 65.1 Å². The summed E-state index contributed by atoms with van der Waals surface area (Å²) in [5.41, 5.74) is -0.350. The van der Waals surface area contributed by atoms with Crippen LogP contribution in [0.5, 0.6) is 0 Å². The van der Waals surface area contributed by atoms with Crippen molar-refractivity contribution in [3.8, 4) is 0 Å². The standard InChI is InChI=1S/C20H33N3O4/c1-5-10-22(19(25)21-20(2,3)4)15-18(24)23(13-16-8-6-11-26-16)14-17-9-7-12-27-17/h6,8,11,17H,5,7,9-10,12-15H2,1-4H3,(H,21,25)/t17-/m0/s1. The van der Waals surface area contributed by atoms with E-state index in [0.717, 1.165) is 31.6 Å². The fourth-order valence-corrected chi connectivity index (χ4v) is 3.06. The van der Waals surface area contributed by atoms with Gasteiger partial charge in [0, 0.05) is 25.2 Å². The number of furan rings is 1. The molecular weight excluding hydrogens is 346 g/mol. The van der Waals surface area contributed by atoms with Gasteiger partial charge in [-0.15, -0.1) is 0 Å². The molecular formula is C20H33N3O4. The summed E-state index contributed by atoms with van der Waals surface area (Å²) in [6, 6.07) is 3.45. The molecule has 1 N–H and O–H groups in total. The molecule has 7 heteroatoms. The van der Waals surface area contributed by atoms with Crippen LogP contribution in [0, 0.1) is 0 Å². The number of hydrogen-bond donors (Lipinski definition) is 1. The van der Waals surface area contributed by atoms with Crippen molar-refractivity contribution >= 4 is 11.9 Å². The first-order valence-electron chi connectivity index (χ1n) is 9.77. The number of carbonyl (C=O) groups excluding carboxylic acids is 2. The maximum atomic E-state index is 13.0. The van der Waals surface area contributed by atoms with E-state index < -0.39 is 0 Å². The van der Waals surface area contributed by atoms with Crippen LogP contribution in [-0.4, -0.2) is 59.6 Å². The second-order valence-corrected chi connectivity index (χ2v) is 8.09. The summed E-state index contributed by atoms with van der Waals surface area (Å²) >= 11 is 0. The van der Waals surface area contributed by atoms with Gasteiger partial charge in [0.1, 0.15) is 12.3 Å². The van der Waals surface area contributed by atoms with Gasteiger partial charge in [-0.2, -0.15) is 0 Å². The molecule has 3 amide bonds. The number of urea groups is 1. The van der Waals surface area contributed by atoms with E-state index in [2.05, 4.69) is 5.32 Å². The lowest BCUT2D eigenvalue weighted by atomic mass is 10.1. The van der Waals surface area contributed by atoms with Crippen LogP contribution in [0.1, 0.15) is 52.7 Å². The highest BCUT2D eigenvalue weighted by atomic mass is 16.5. The topological polar surface area (TPSA) is 75.0 Å². The monoisotopic (exact) mass is 379 g/mol. The van der Waals surface area contributed by atoms with Crippen LogP contribution in [0.25, 0.3) is 0 Å². The van der Waals surface area contributed by atoms with Gasteiger partial charge in [0.2, 0.25) is 5.91 Å². The minimum atomic E-state index is -0.350. The fraction of sp³-hybridized carbons (Fsp3) is 0.700. The van der Waals surface area contributed by atoms with Gasteiger partial charge >= 0.3 is 6.03 Å². The SMILES string of the molecule is CCCN(CC(=O)N(Cc1ccco1)C[C@@H]1CCCO1)C(=O)NC(C)(C)C. The molecule has 0 unspecified atom stereocenters. The summed E-state index contributed by atoms with van der Waals surface area (Å²) in [6.45, 7) is 9.99. The number of ether oxygens (including phenoxy) is 1. The Bertz CT molecular complexity index is 589. The van der Waals surface area contributed by atoms with Crippen LogP contribution in [0.3, 0.4) is 0 Å². The van der Waals surface area contributed by atoms with E-state index in [1.165, 1.54) is 0 Å². The molecule has 0 aliphatic carbocycles. The smallest absolute Gasteiger partial charge is 0.318 e. The van der Waals surface area contributed by atoms with Gasteiger partial charge in [0.15, 0.2) is 0 Å².